The molecule has 1 fully saturated rings. The van der Waals surface area contributed by atoms with Crippen molar-refractivity contribution in [1.29, 1.82) is 0 Å². The van der Waals surface area contributed by atoms with E-state index in [2.05, 4.69) is 0 Å². The van der Waals surface area contributed by atoms with Crippen LogP contribution in [0.2, 0.25) is 0 Å². The lowest BCUT2D eigenvalue weighted by Gasteiger charge is -2.07. The smallest absolute Gasteiger partial charge is 0.140 e. The summed E-state index contributed by atoms with van der Waals surface area (Å²) >= 11 is 0. The maximum absolute atomic E-state index is 11.4. The van der Waals surface area contributed by atoms with Crippen LogP contribution in [-0.2, 0) is 4.79 Å². The van der Waals surface area contributed by atoms with E-state index in [-0.39, 0.29) is 5.92 Å². The van der Waals surface area contributed by atoms with Crippen LogP contribution in [0.1, 0.15) is 30.7 Å². The van der Waals surface area contributed by atoms with Crippen LogP contribution in [0, 0.1) is 0 Å². The van der Waals surface area contributed by atoms with Gasteiger partial charge in [-0.05, 0) is 30.5 Å². The molecular formula is C11H13NO. The lowest BCUT2D eigenvalue weighted by molar-refractivity contribution is -0.118. The average molecular weight is 175 g/mol. The summed E-state index contributed by atoms with van der Waals surface area (Å²) in [7, 11) is 0. The van der Waals surface area contributed by atoms with Gasteiger partial charge in [-0.2, -0.15) is 0 Å². The molecule has 0 spiro atoms. The minimum atomic E-state index is 0.139. The predicted molar refractivity (Wildman–Crippen MR) is 52.5 cm³/mol. The molecule has 1 unspecified atom stereocenters. The standard InChI is InChI=1S/C11H13NO/c12-9-6-4-8(5-7-9)10-2-1-3-11(10)13/h4-7,10H,1-3,12H2. The fourth-order valence-electron chi connectivity index (χ4n) is 1.90. The van der Waals surface area contributed by atoms with Gasteiger partial charge in [0.25, 0.3) is 0 Å². The van der Waals surface area contributed by atoms with Gasteiger partial charge in [-0.15, -0.1) is 0 Å². The minimum absolute atomic E-state index is 0.139. The average Bonchev–Trinajstić information content (AvgIpc) is 2.53. The number of rotatable bonds is 1. The zero-order chi connectivity index (χ0) is 9.26. The van der Waals surface area contributed by atoms with Gasteiger partial charge in [-0.25, -0.2) is 0 Å². The van der Waals surface area contributed by atoms with Crippen molar-refractivity contribution in [2.75, 3.05) is 5.73 Å². The van der Waals surface area contributed by atoms with E-state index in [1.807, 2.05) is 24.3 Å². The Labute approximate surface area is 77.8 Å². The number of benzene rings is 1. The van der Waals surface area contributed by atoms with E-state index in [1.165, 1.54) is 0 Å². The van der Waals surface area contributed by atoms with Crippen molar-refractivity contribution in [3.8, 4) is 0 Å². The minimum Gasteiger partial charge on any atom is -0.399 e. The van der Waals surface area contributed by atoms with Crippen molar-refractivity contribution >= 4 is 11.5 Å². The number of Topliss-reactive ketones (excluding diaryl/α,β-unsaturated/α-hetero) is 1. The summed E-state index contributed by atoms with van der Waals surface area (Å²) in [4.78, 5) is 11.4. The first kappa shape index (κ1) is 8.30. The van der Waals surface area contributed by atoms with E-state index < -0.39 is 0 Å². The van der Waals surface area contributed by atoms with Crippen LogP contribution in [0.25, 0.3) is 0 Å². The highest BCUT2D eigenvalue weighted by atomic mass is 16.1. The molecule has 2 nitrogen and oxygen atoms in total. The molecule has 2 heteroatoms. The van der Waals surface area contributed by atoms with Gasteiger partial charge in [0, 0.05) is 18.0 Å². The van der Waals surface area contributed by atoms with Crippen molar-refractivity contribution < 1.29 is 4.79 Å². The molecule has 13 heavy (non-hydrogen) atoms. The van der Waals surface area contributed by atoms with Crippen molar-refractivity contribution in [2.24, 2.45) is 0 Å². The summed E-state index contributed by atoms with van der Waals surface area (Å²) < 4.78 is 0. The van der Waals surface area contributed by atoms with Gasteiger partial charge in [0.15, 0.2) is 0 Å². The summed E-state index contributed by atoms with van der Waals surface area (Å²) in [5.41, 5.74) is 7.46. The molecule has 1 aliphatic carbocycles. The van der Waals surface area contributed by atoms with Crippen molar-refractivity contribution in [2.45, 2.75) is 25.2 Å². The number of nitrogen functional groups attached to an aromatic ring is 1. The number of hydrogen-bond donors (Lipinski definition) is 1. The van der Waals surface area contributed by atoms with Crippen molar-refractivity contribution in [3.05, 3.63) is 29.8 Å². The zero-order valence-corrected chi connectivity index (χ0v) is 7.49. The van der Waals surface area contributed by atoms with Gasteiger partial charge in [0.2, 0.25) is 0 Å². The topological polar surface area (TPSA) is 43.1 Å². The van der Waals surface area contributed by atoms with Gasteiger partial charge >= 0.3 is 0 Å². The lowest BCUT2D eigenvalue weighted by atomic mass is 9.97. The number of ketones is 1. The molecule has 68 valence electrons. The molecule has 1 saturated carbocycles. The molecule has 0 radical (unpaired) electrons. The van der Waals surface area contributed by atoms with Gasteiger partial charge in [0.05, 0.1) is 0 Å². The number of hydrogen-bond acceptors (Lipinski definition) is 2. The number of carbonyl (C=O) groups is 1. The van der Waals surface area contributed by atoms with E-state index in [4.69, 9.17) is 5.73 Å². The largest absolute Gasteiger partial charge is 0.399 e. The van der Waals surface area contributed by atoms with E-state index >= 15 is 0 Å². The summed E-state index contributed by atoms with van der Waals surface area (Å²) in [6, 6.07) is 7.65. The molecule has 0 aromatic heterocycles. The SMILES string of the molecule is Nc1ccc(C2CCCC2=O)cc1. The van der Waals surface area contributed by atoms with E-state index in [0.717, 1.165) is 30.5 Å². The number of anilines is 1. The van der Waals surface area contributed by atoms with Crippen LogP contribution >= 0.6 is 0 Å². The normalized spacial score (nSPS) is 22.2. The third-order valence-electron chi connectivity index (χ3n) is 2.64. The highest BCUT2D eigenvalue weighted by Gasteiger charge is 2.25. The quantitative estimate of drug-likeness (QED) is 0.664. The lowest BCUT2D eigenvalue weighted by Crippen LogP contribution is -2.03. The van der Waals surface area contributed by atoms with Crippen LogP contribution in [0.5, 0.6) is 0 Å². The van der Waals surface area contributed by atoms with Gasteiger partial charge in [0.1, 0.15) is 5.78 Å². The first-order chi connectivity index (χ1) is 6.27. The van der Waals surface area contributed by atoms with Gasteiger partial charge in [-0.3, -0.25) is 4.79 Å². The van der Waals surface area contributed by atoms with Crippen LogP contribution in [0.15, 0.2) is 24.3 Å². The van der Waals surface area contributed by atoms with E-state index in [1.54, 1.807) is 0 Å². The summed E-state index contributed by atoms with van der Waals surface area (Å²) in [6.45, 7) is 0. The second kappa shape index (κ2) is 3.21. The number of carbonyl (C=O) groups excluding carboxylic acids is 1. The fourth-order valence-corrected chi connectivity index (χ4v) is 1.90. The molecule has 2 N–H and O–H groups in total. The Hall–Kier alpha value is -1.31. The first-order valence-corrected chi connectivity index (χ1v) is 4.65. The Bertz CT molecular complexity index is 315. The molecule has 0 saturated heterocycles. The summed E-state index contributed by atoms with van der Waals surface area (Å²) in [5.74, 6) is 0.519. The molecular weight excluding hydrogens is 162 g/mol. The number of nitrogens with two attached hydrogens (primary N) is 1. The second-order valence-electron chi connectivity index (χ2n) is 3.58. The molecule has 1 aromatic carbocycles. The monoisotopic (exact) mass is 175 g/mol. The zero-order valence-electron chi connectivity index (χ0n) is 7.49. The fraction of sp³-hybridized carbons (Fsp3) is 0.364. The highest BCUT2D eigenvalue weighted by molar-refractivity contribution is 5.87. The van der Waals surface area contributed by atoms with Crippen LogP contribution in [0.4, 0.5) is 5.69 Å². The Morgan fingerprint density at radius 3 is 2.46 bits per heavy atom. The maximum atomic E-state index is 11.4. The summed E-state index contributed by atoms with van der Waals surface area (Å²) in [5, 5.41) is 0. The van der Waals surface area contributed by atoms with Crippen LogP contribution in [-0.4, -0.2) is 5.78 Å². The molecule has 1 aromatic rings. The van der Waals surface area contributed by atoms with Crippen molar-refractivity contribution in [1.82, 2.24) is 0 Å². The van der Waals surface area contributed by atoms with E-state index in [0.29, 0.717) is 5.78 Å². The predicted octanol–water partition coefficient (Wildman–Crippen LogP) is 2.11. The molecule has 1 aliphatic rings. The maximum Gasteiger partial charge on any atom is 0.140 e. The third-order valence-corrected chi connectivity index (χ3v) is 2.64. The Morgan fingerprint density at radius 1 is 1.23 bits per heavy atom. The van der Waals surface area contributed by atoms with Crippen LogP contribution in [0.3, 0.4) is 0 Å². The Morgan fingerprint density at radius 2 is 1.92 bits per heavy atom. The van der Waals surface area contributed by atoms with Crippen LogP contribution < -0.4 is 5.73 Å². The van der Waals surface area contributed by atoms with Gasteiger partial charge in [-0.1, -0.05) is 12.1 Å². The summed E-state index contributed by atoms with van der Waals surface area (Å²) in [6.07, 6.45) is 2.78. The molecule has 0 amide bonds. The Kier molecular flexibility index (Phi) is 2.05. The first-order valence-electron chi connectivity index (χ1n) is 4.65. The van der Waals surface area contributed by atoms with Crippen molar-refractivity contribution in [3.63, 3.8) is 0 Å². The van der Waals surface area contributed by atoms with Gasteiger partial charge < -0.3 is 5.73 Å². The molecule has 0 heterocycles. The Balaban J connectivity index is 2.25. The molecule has 0 aliphatic heterocycles. The molecule has 0 bridgehead atoms. The second-order valence-corrected chi connectivity index (χ2v) is 3.58. The molecule has 2 rings (SSSR count). The third kappa shape index (κ3) is 1.57. The molecule has 1 atom stereocenters. The van der Waals surface area contributed by atoms with E-state index in [9.17, 15) is 4.79 Å². The highest BCUT2D eigenvalue weighted by Crippen LogP contribution is 2.31.